The molecular weight excluding hydrogens is 160 g/mol. The van der Waals surface area contributed by atoms with Gasteiger partial charge in [0.1, 0.15) is 5.01 Å². The van der Waals surface area contributed by atoms with Crippen molar-refractivity contribution in [1.82, 2.24) is 10.3 Å². The molecule has 0 radical (unpaired) electrons. The number of hydrogen-bond donors (Lipinski definition) is 2. The van der Waals surface area contributed by atoms with E-state index in [1.54, 1.807) is 11.3 Å². The maximum Gasteiger partial charge on any atom is 0.119 e. The lowest BCUT2D eigenvalue weighted by atomic mass is 10.2. The van der Waals surface area contributed by atoms with Crippen LogP contribution in [0.5, 0.6) is 0 Å². The van der Waals surface area contributed by atoms with Crippen molar-refractivity contribution in [3.63, 3.8) is 0 Å². The molecule has 0 atom stereocenters. The number of aliphatic hydroxyl groups excluding tert-OH is 1. The summed E-state index contributed by atoms with van der Waals surface area (Å²) in [6.45, 7) is 2.02. The first-order valence-electron chi connectivity index (χ1n) is 3.69. The fraction of sp³-hybridized carbons (Fsp3) is 0.571. The Morgan fingerprint density at radius 1 is 1.64 bits per heavy atom. The van der Waals surface area contributed by atoms with E-state index in [1.165, 1.54) is 10.6 Å². The number of thiazole rings is 1. The van der Waals surface area contributed by atoms with Gasteiger partial charge in [-0.1, -0.05) is 0 Å². The summed E-state index contributed by atoms with van der Waals surface area (Å²) in [6, 6.07) is 0. The molecule has 0 amide bonds. The molecule has 2 rings (SSSR count). The minimum atomic E-state index is 0.0810. The van der Waals surface area contributed by atoms with Gasteiger partial charge in [-0.15, -0.1) is 11.3 Å². The summed E-state index contributed by atoms with van der Waals surface area (Å²) in [4.78, 5) is 5.59. The summed E-state index contributed by atoms with van der Waals surface area (Å²) in [7, 11) is 0. The molecule has 0 unspecified atom stereocenters. The maximum absolute atomic E-state index is 8.81. The Labute approximate surface area is 69.1 Å². The highest BCUT2D eigenvalue weighted by Crippen LogP contribution is 2.20. The Kier molecular flexibility index (Phi) is 1.89. The van der Waals surface area contributed by atoms with E-state index < -0.39 is 0 Å². The average Bonchev–Trinajstić information content (AvgIpc) is 2.46. The first kappa shape index (κ1) is 7.21. The summed E-state index contributed by atoms with van der Waals surface area (Å²) in [6.07, 6.45) is 1.01. The SMILES string of the molecule is OCc1nc2c(s1)CNCC2. The van der Waals surface area contributed by atoms with E-state index in [0.29, 0.717) is 0 Å². The van der Waals surface area contributed by atoms with Gasteiger partial charge in [-0.3, -0.25) is 0 Å². The van der Waals surface area contributed by atoms with Crippen molar-refractivity contribution in [2.45, 2.75) is 19.6 Å². The highest BCUT2D eigenvalue weighted by molar-refractivity contribution is 7.11. The molecule has 0 fully saturated rings. The van der Waals surface area contributed by atoms with Crippen molar-refractivity contribution in [3.8, 4) is 0 Å². The van der Waals surface area contributed by atoms with Gasteiger partial charge in [0.05, 0.1) is 12.3 Å². The van der Waals surface area contributed by atoms with Crippen LogP contribution in [0.3, 0.4) is 0 Å². The third kappa shape index (κ3) is 1.29. The number of aromatic nitrogens is 1. The Balaban J connectivity index is 2.32. The van der Waals surface area contributed by atoms with Crippen molar-refractivity contribution in [3.05, 3.63) is 15.6 Å². The average molecular weight is 170 g/mol. The molecule has 2 N–H and O–H groups in total. The molecule has 1 aliphatic heterocycles. The Bertz CT molecular complexity index is 235. The zero-order valence-electron chi connectivity index (χ0n) is 6.13. The molecule has 0 saturated heterocycles. The van der Waals surface area contributed by atoms with E-state index in [4.69, 9.17) is 5.11 Å². The number of rotatable bonds is 1. The van der Waals surface area contributed by atoms with Crippen LogP contribution < -0.4 is 5.32 Å². The van der Waals surface area contributed by atoms with Gasteiger partial charge in [0.2, 0.25) is 0 Å². The molecule has 1 aromatic heterocycles. The number of hydrogen-bond acceptors (Lipinski definition) is 4. The Morgan fingerprint density at radius 3 is 3.27 bits per heavy atom. The maximum atomic E-state index is 8.81. The first-order chi connectivity index (χ1) is 5.40. The van der Waals surface area contributed by atoms with Gasteiger partial charge >= 0.3 is 0 Å². The fourth-order valence-electron chi connectivity index (χ4n) is 1.25. The van der Waals surface area contributed by atoms with Crippen molar-refractivity contribution in [1.29, 1.82) is 0 Å². The molecule has 0 aromatic carbocycles. The summed E-state index contributed by atoms with van der Waals surface area (Å²) in [5, 5.41) is 12.9. The van der Waals surface area contributed by atoms with Gasteiger partial charge in [0, 0.05) is 24.4 Å². The van der Waals surface area contributed by atoms with Crippen LogP contribution in [0.15, 0.2) is 0 Å². The fourth-order valence-corrected chi connectivity index (χ4v) is 2.19. The van der Waals surface area contributed by atoms with Gasteiger partial charge in [0.15, 0.2) is 0 Å². The van der Waals surface area contributed by atoms with Crippen LogP contribution in [0, 0.1) is 0 Å². The molecular formula is C7H10N2OS. The van der Waals surface area contributed by atoms with Crippen LogP contribution in [-0.4, -0.2) is 16.6 Å². The second-order valence-corrected chi connectivity index (χ2v) is 3.73. The monoisotopic (exact) mass is 170 g/mol. The molecule has 0 spiro atoms. The second-order valence-electron chi connectivity index (χ2n) is 2.56. The standard InChI is InChI=1S/C7H10N2OS/c10-4-7-9-5-1-2-8-3-6(5)11-7/h8,10H,1-4H2. The summed E-state index contributed by atoms with van der Waals surface area (Å²) >= 11 is 1.61. The van der Waals surface area contributed by atoms with Crippen LogP contribution in [0.1, 0.15) is 15.6 Å². The first-order valence-corrected chi connectivity index (χ1v) is 4.51. The molecule has 0 saturated carbocycles. The second kappa shape index (κ2) is 2.89. The van der Waals surface area contributed by atoms with Gasteiger partial charge in [0.25, 0.3) is 0 Å². The number of nitrogens with one attached hydrogen (secondary N) is 1. The number of aliphatic hydroxyl groups is 1. The van der Waals surface area contributed by atoms with E-state index in [2.05, 4.69) is 10.3 Å². The topological polar surface area (TPSA) is 45.2 Å². The molecule has 1 aromatic rings. The molecule has 3 nitrogen and oxygen atoms in total. The molecule has 0 aliphatic carbocycles. The number of fused-ring (bicyclic) bond motifs is 1. The van der Waals surface area contributed by atoms with Crippen molar-refractivity contribution < 1.29 is 5.11 Å². The van der Waals surface area contributed by atoms with E-state index in [0.717, 1.165) is 24.5 Å². The molecule has 1 aliphatic rings. The quantitative estimate of drug-likeness (QED) is 0.636. The van der Waals surface area contributed by atoms with E-state index in [1.807, 2.05) is 0 Å². The predicted molar refractivity (Wildman–Crippen MR) is 43.4 cm³/mol. The zero-order valence-corrected chi connectivity index (χ0v) is 6.95. The summed E-state index contributed by atoms with van der Waals surface area (Å²) in [5.74, 6) is 0. The Morgan fingerprint density at radius 2 is 2.55 bits per heavy atom. The minimum absolute atomic E-state index is 0.0810. The highest BCUT2D eigenvalue weighted by atomic mass is 32.1. The van der Waals surface area contributed by atoms with Crippen LogP contribution in [-0.2, 0) is 19.6 Å². The van der Waals surface area contributed by atoms with Gasteiger partial charge in [-0.2, -0.15) is 0 Å². The molecule has 4 heteroatoms. The van der Waals surface area contributed by atoms with Crippen LogP contribution in [0.4, 0.5) is 0 Å². The highest BCUT2D eigenvalue weighted by Gasteiger charge is 2.13. The summed E-state index contributed by atoms with van der Waals surface area (Å²) in [5.41, 5.74) is 1.18. The molecule has 2 heterocycles. The van der Waals surface area contributed by atoms with Crippen molar-refractivity contribution in [2.24, 2.45) is 0 Å². The van der Waals surface area contributed by atoms with E-state index in [-0.39, 0.29) is 6.61 Å². The van der Waals surface area contributed by atoms with Crippen LogP contribution >= 0.6 is 11.3 Å². The van der Waals surface area contributed by atoms with Gasteiger partial charge in [-0.25, -0.2) is 4.98 Å². The van der Waals surface area contributed by atoms with E-state index >= 15 is 0 Å². The lowest BCUT2D eigenvalue weighted by Gasteiger charge is -2.09. The third-order valence-corrected chi connectivity index (χ3v) is 2.86. The molecule has 60 valence electrons. The van der Waals surface area contributed by atoms with Gasteiger partial charge in [-0.05, 0) is 0 Å². The largest absolute Gasteiger partial charge is 0.389 e. The van der Waals surface area contributed by atoms with Crippen LogP contribution in [0.2, 0.25) is 0 Å². The lowest BCUT2D eigenvalue weighted by Crippen LogP contribution is -2.22. The zero-order chi connectivity index (χ0) is 7.68. The van der Waals surface area contributed by atoms with Gasteiger partial charge < -0.3 is 10.4 Å². The minimum Gasteiger partial charge on any atom is -0.389 e. The predicted octanol–water partition coefficient (Wildman–Crippen LogP) is 0.281. The normalized spacial score (nSPS) is 16.5. The molecule has 0 bridgehead atoms. The Hall–Kier alpha value is -0.450. The smallest absolute Gasteiger partial charge is 0.119 e. The number of nitrogens with zero attached hydrogens (tertiary/aromatic N) is 1. The lowest BCUT2D eigenvalue weighted by molar-refractivity contribution is 0.281. The van der Waals surface area contributed by atoms with E-state index in [9.17, 15) is 0 Å². The molecule has 11 heavy (non-hydrogen) atoms. The van der Waals surface area contributed by atoms with Crippen molar-refractivity contribution >= 4 is 11.3 Å². The van der Waals surface area contributed by atoms with Crippen molar-refractivity contribution in [2.75, 3.05) is 6.54 Å². The third-order valence-electron chi connectivity index (χ3n) is 1.78. The summed E-state index contributed by atoms with van der Waals surface area (Å²) < 4.78 is 0. The van der Waals surface area contributed by atoms with Crippen LogP contribution in [0.25, 0.3) is 0 Å².